The number of aromatic amines is 1. The topological polar surface area (TPSA) is 79.6 Å². The van der Waals surface area contributed by atoms with E-state index >= 15 is 0 Å². The second-order valence-electron chi connectivity index (χ2n) is 6.14. The number of nitrogens with two attached hydrogens (primary N) is 1. The van der Waals surface area contributed by atoms with Crippen molar-refractivity contribution in [1.29, 1.82) is 0 Å². The van der Waals surface area contributed by atoms with Crippen molar-refractivity contribution < 1.29 is 0 Å². The molecule has 104 valence electrons. The van der Waals surface area contributed by atoms with Crippen molar-refractivity contribution in [2.45, 2.75) is 33.1 Å². The molecule has 19 heavy (non-hydrogen) atoms. The van der Waals surface area contributed by atoms with Crippen molar-refractivity contribution in [2.75, 3.05) is 18.9 Å². The molecule has 0 fully saturated rings. The summed E-state index contributed by atoms with van der Waals surface area (Å²) in [6.07, 6.45) is 1.00. The number of anilines is 1. The van der Waals surface area contributed by atoms with E-state index in [-0.39, 0.29) is 11.3 Å². The predicted octanol–water partition coefficient (Wildman–Crippen LogP) is 2.48. The Balaban J connectivity index is 2.33. The fourth-order valence-electron chi connectivity index (χ4n) is 2.27. The molecule has 0 amide bonds. The van der Waals surface area contributed by atoms with Gasteiger partial charge in [-0.15, -0.1) is 0 Å². The van der Waals surface area contributed by atoms with Crippen LogP contribution >= 0.6 is 0 Å². The summed E-state index contributed by atoms with van der Waals surface area (Å²) in [5.41, 5.74) is 7.83. The number of fused-ring (bicyclic) bond motifs is 1. The molecule has 0 saturated carbocycles. The number of imidazole rings is 1. The zero-order chi connectivity index (χ0) is 14.0. The van der Waals surface area contributed by atoms with Gasteiger partial charge >= 0.3 is 0 Å². The van der Waals surface area contributed by atoms with Gasteiger partial charge in [0.2, 0.25) is 0 Å². The first-order valence-corrected chi connectivity index (χ1v) is 6.67. The molecule has 0 aromatic carbocycles. The molecule has 1 atom stereocenters. The van der Waals surface area contributed by atoms with E-state index in [1.54, 1.807) is 0 Å². The Morgan fingerprint density at radius 3 is 2.63 bits per heavy atom. The second kappa shape index (κ2) is 5.17. The maximum Gasteiger partial charge on any atom is 0.179 e. The van der Waals surface area contributed by atoms with Crippen LogP contribution in [0.2, 0.25) is 0 Å². The van der Waals surface area contributed by atoms with Gasteiger partial charge in [-0.05, 0) is 24.0 Å². The van der Waals surface area contributed by atoms with Crippen LogP contribution in [0.15, 0.2) is 12.1 Å². The lowest BCUT2D eigenvalue weighted by molar-refractivity contribution is 0.337. The summed E-state index contributed by atoms with van der Waals surface area (Å²) in [7, 11) is 1.85. The molecule has 0 aliphatic carbocycles. The number of pyridine rings is 1. The number of rotatable bonds is 4. The van der Waals surface area contributed by atoms with Crippen molar-refractivity contribution in [3.8, 4) is 0 Å². The van der Waals surface area contributed by atoms with Crippen LogP contribution in [-0.2, 0) is 0 Å². The summed E-state index contributed by atoms with van der Waals surface area (Å²) >= 11 is 0. The van der Waals surface area contributed by atoms with Crippen LogP contribution in [0.5, 0.6) is 0 Å². The van der Waals surface area contributed by atoms with Crippen LogP contribution in [0.25, 0.3) is 11.2 Å². The monoisotopic (exact) mass is 261 g/mol. The highest BCUT2D eigenvalue weighted by molar-refractivity contribution is 5.73. The summed E-state index contributed by atoms with van der Waals surface area (Å²) in [5.74, 6) is 2.01. The van der Waals surface area contributed by atoms with Crippen LogP contribution in [0, 0.1) is 5.41 Å². The Hall–Kier alpha value is -1.62. The second-order valence-corrected chi connectivity index (χ2v) is 6.14. The molecular weight excluding hydrogens is 238 g/mol. The molecule has 5 nitrogen and oxygen atoms in total. The lowest BCUT2D eigenvalue weighted by atomic mass is 9.84. The molecular formula is C14H23N5. The van der Waals surface area contributed by atoms with Gasteiger partial charge in [0, 0.05) is 19.5 Å². The van der Waals surface area contributed by atoms with E-state index < -0.39 is 0 Å². The van der Waals surface area contributed by atoms with Gasteiger partial charge in [-0.25, -0.2) is 9.97 Å². The third-order valence-electron chi connectivity index (χ3n) is 3.15. The first-order chi connectivity index (χ1) is 8.93. The molecule has 0 aliphatic rings. The number of aromatic nitrogens is 3. The van der Waals surface area contributed by atoms with Gasteiger partial charge in [0.05, 0.1) is 5.52 Å². The number of hydrogen-bond acceptors (Lipinski definition) is 4. The summed E-state index contributed by atoms with van der Waals surface area (Å²) < 4.78 is 0. The third kappa shape index (κ3) is 3.23. The standard InChI is InChI=1S/C14H23N5/c1-14(2,3)7-9(8-15)12-17-10-5-6-11(16-4)18-13(10)19-12/h5-6,9H,7-8,15H2,1-4H3,(H2,16,17,18,19). The van der Waals surface area contributed by atoms with Crippen LogP contribution in [-0.4, -0.2) is 28.5 Å². The predicted molar refractivity (Wildman–Crippen MR) is 79.3 cm³/mol. The zero-order valence-electron chi connectivity index (χ0n) is 12.1. The van der Waals surface area contributed by atoms with Crippen LogP contribution in [0.1, 0.15) is 38.9 Å². The molecule has 0 aliphatic heterocycles. The lowest BCUT2D eigenvalue weighted by Crippen LogP contribution is -2.20. The van der Waals surface area contributed by atoms with E-state index in [2.05, 4.69) is 41.0 Å². The SMILES string of the molecule is CNc1ccc2[nH]c(C(CN)CC(C)(C)C)nc2n1. The van der Waals surface area contributed by atoms with Gasteiger partial charge in [-0.3, -0.25) is 0 Å². The van der Waals surface area contributed by atoms with Crippen molar-refractivity contribution >= 4 is 17.0 Å². The van der Waals surface area contributed by atoms with E-state index in [0.29, 0.717) is 6.54 Å². The van der Waals surface area contributed by atoms with Crippen LogP contribution in [0.3, 0.4) is 0 Å². The molecule has 0 radical (unpaired) electrons. The minimum atomic E-state index is 0.229. The molecule has 0 spiro atoms. The maximum absolute atomic E-state index is 5.90. The average Bonchev–Trinajstić information content (AvgIpc) is 2.77. The number of H-pyrrole nitrogens is 1. The van der Waals surface area contributed by atoms with Gasteiger partial charge in [0.25, 0.3) is 0 Å². The Morgan fingerprint density at radius 2 is 2.05 bits per heavy atom. The summed E-state index contributed by atoms with van der Waals surface area (Å²) in [5, 5.41) is 3.02. The van der Waals surface area contributed by atoms with Crippen molar-refractivity contribution in [3.63, 3.8) is 0 Å². The van der Waals surface area contributed by atoms with E-state index in [9.17, 15) is 0 Å². The molecule has 2 aromatic rings. The first-order valence-electron chi connectivity index (χ1n) is 6.67. The highest BCUT2D eigenvalue weighted by Crippen LogP contribution is 2.30. The minimum absolute atomic E-state index is 0.229. The molecule has 2 heterocycles. The normalized spacial score (nSPS) is 13.7. The van der Waals surface area contributed by atoms with Gasteiger partial charge < -0.3 is 16.0 Å². The van der Waals surface area contributed by atoms with E-state index in [4.69, 9.17) is 5.73 Å². The van der Waals surface area contributed by atoms with Gasteiger partial charge in [0.15, 0.2) is 5.65 Å². The molecule has 5 heteroatoms. The van der Waals surface area contributed by atoms with Crippen LogP contribution in [0.4, 0.5) is 5.82 Å². The number of nitrogens with zero attached hydrogens (tertiary/aromatic N) is 2. The van der Waals surface area contributed by atoms with Gasteiger partial charge in [-0.1, -0.05) is 20.8 Å². The van der Waals surface area contributed by atoms with E-state index in [0.717, 1.165) is 29.2 Å². The lowest BCUT2D eigenvalue weighted by Gasteiger charge is -2.23. The molecule has 4 N–H and O–H groups in total. The summed E-state index contributed by atoms with van der Waals surface area (Å²) in [6, 6.07) is 3.93. The number of nitrogens with one attached hydrogen (secondary N) is 2. The van der Waals surface area contributed by atoms with Crippen molar-refractivity contribution in [3.05, 3.63) is 18.0 Å². The molecule has 0 saturated heterocycles. The Kier molecular flexibility index (Phi) is 3.75. The smallest absolute Gasteiger partial charge is 0.179 e. The van der Waals surface area contributed by atoms with Crippen molar-refractivity contribution in [2.24, 2.45) is 11.1 Å². The zero-order valence-corrected chi connectivity index (χ0v) is 12.1. The van der Waals surface area contributed by atoms with E-state index in [1.165, 1.54) is 0 Å². The largest absolute Gasteiger partial charge is 0.373 e. The minimum Gasteiger partial charge on any atom is -0.373 e. The Labute approximate surface area is 114 Å². The van der Waals surface area contributed by atoms with E-state index in [1.807, 2.05) is 19.2 Å². The average molecular weight is 261 g/mol. The molecule has 1 unspecified atom stereocenters. The first kappa shape index (κ1) is 13.8. The fourth-order valence-corrected chi connectivity index (χ4v) is 2.27. The van der Waals surface area contributed by atoms with Gasteiger partial charge in [-0.2, -0.15) is 0 Å². The number of hydrogen-bond donors (Lipinski definition) is 3. The van der Waals surface area contributed by atoms with Crippen LogP contribution < -0.4 is 11.1 Å². The summed E-state index contributed by atoms with van der Waals surface area (Å²) in [4.78, 5) is 12.4. The Morgan fingerprint density at radius 1 is 1.32 bits per heavy atom. The Bertz CT molecular complexity index is 552. The fraction of sp³-hybridized carbons (Fsp3) is 0.571. The highest BCUT2D eigenvalue weighted by Gasteiger charge is 2.22. The molecule has 2 aromatic heterocycles. The molecule has 0 bridgehead atoms. The quantitative estimate of drug-likeness (QED) is 0.790. The third-order valence-corrected chi connectivity index (χ3v) is 3.15. The molecule has 2 rings (SSSR count). The maximum atomic E-state index is 5.90. The van der Waals surface area contributed by atoms with Gasteiger partial charge in [0.1, 0.15) is 11.6 Å². The highest BCUT2D eigenvalue weighted by atomic mass is 15.0. The summed E-state index contributed by atoms with van der Waals surface area (Å²) in [6.45, 7) is 7.25. The van der Waals surface area contributed by atoms with Crippen molar-refractivity contribution in [1.82, 2.24) is 15.0 Å².